The molecule has 0 bridgehead atoms. The molecule has 0 rings (SSSR count). The van der Waals surface area contributed by atoms with Gasteiger partial charge < -0.3 is 0 Å². The van der Waals surface area contributed by atoms with E-state index >= 15 is 0 Å². The van der Waals surface area contributed by atoms with E-state index in [0.717, 1.165) is 18.6 Å². The Kier molecular flexibility index (Phi) is 8.55. The van der Waals surface area contributed by atoms with Crippen LogP contribution >= 0.6 is 12.6 Å². The molecule has 1 nitrogen and oxygen atoms in total. The number of hydrogen-bond acceptors (Lipinski definition) is 2. The number of nitrogens with zero attached hydrogens (tertiary/aromatic N) is 1. The Morgan fingerprint density at radius 2 is 2.20 bits per heavy atom. The van der Waals surface area contributed by atoms with Gasteiger partial charge in [0.25, 0.3) is 0 Å². The number of rotatable bonds is 5. The van der Waals surface area contributed by atoms with Crippen molar-refractivity contribution in [1.82, 2.24) is 0 Å². The molecule has 0 unspecified atom stereocenters. The number of allylic oxidation sites excluding steroid dienone is 1. The van der Waals surface area contributed by atoms with Gasteiger partial charge in [0.2, 0.25) is 0 Å². The van der Waals surface area contributed by atoms with Crippen molar-refractivity contribution in [1.29, 1.82) is 0 Å². The number of aliphatic imine (C=N–C) groups is 1. The zero-order chi connectivity index (χ0) is 7.66. The van der Waals surface area contributed by atoms with Crippen LogP contribution in [0.1, 0.15) is 26.2 Å². The Hall–Kier alpha value is -0.240. The third-order valence-electron chi connectivity index (χ3n) is 1.01. The first-order valence-electron chi connectivity index (χ1n) is 3.69. The summed E-state index contributed by atoms with van der Waals surface area (Å²) < 4.78 is 0. The summed E-state index contributed by atoms with van der Waals surface area (Å²) in [6.45, 7) is 2.14. The van der Waals surface area contributed by atoms with Crippen molar-refractivity contribution in [3.63, 3.8) is 0 Å². The van der Waals surface area contributed by atoms with Crippen molar-refractivity contribution in [2.75, 3.05) is 5.75 Å². The second-order valence-corrected chi connectivity index (χ2v) is 2.46. The molecule has 0 N–H and O–H groups in total. The third kappa shape index (κ3) is 7.76. The van der Waals surface area contributed by atoms with Crippen LogP contribution in [-0.2, 0) is 0 Å². The first-order valence-corrected chi connectivity index (χ1v) is 4.32. The lowest BCUT2D eigenvalue weighted by Gasteiger charge is -1.81. The lowest BCUT2D eigenvalue weighted by molar-refractivity contribution is 1.01. The van der Waals surface area contributed by atoms with Gasteiger partial charge in [-0.15, -0.1) is 0 Å². The fraction of sp³-hybridized carbons (Fsp3) is 0.625. The first kappa shape index (κ1) is 9.76. The Bertz CT molecular complexity index is 93.8. The van der Waals surface area contributed by atoms with Crippen LogP contribution < -0.4 is 0 Å². The molecule has 0 saturated carbocycles. The minimum absolute atomic E-state index is 0.903. The average Bonchev–Trinajstić information content (AvgIpc) is 1.97. The molecule has 0 aliphatic heterocycles. The average molecular weight is 157 g/mol. The molecule has 0 aromatic heterocycles. The molecule has 0 aliphatic carbocycles. The van der Waals surface area contributed by atoms with Crippen molar-refractivity contribution >= 4 is 18.8 Å². The highest BCUT2D eigenvalue weighted by atomic mass is 32.1. The van der Waals surface area contributed by atoms with Crippen LogP contribution in [0.4, 0.5) is 0 Å². The van der Waals surface area contributed by atoms with Crippen LogP contribution in [0, 0.1) is 0 Å². The predicted octanol–water partition coefficient (Wildman–Crippen LogP) is 2.69. The Labute approximate surface area is 68.7 Å². The second kappa shape index (κ2) is 8.76. The number of hydrogen-bond donors (Lipinski definition) is 1. The minimum atomic E-state index is 0.903. The smallest absolute Gasteiger partial charge is 0.0224 e. The van der Waals surface area contributed by atoms with Crippen molar-refractivity contribution < 1.29 is 0 Å². The zero-order valence-electron chi connectivity index (χ0n) is 6.45. The summed E-state index contributed by atoms with van der Waals surface area (Å²) in [4.78, 5) is 4.06. The van der Waals surface area contributed by atoms with Crippen molar-refractivity contribution in [3.8, 4) is 0 Å². The molecule has 0 fully saturated rings. The molecule has 0 aliphatic rings. The zero-order valence-corrected chi connectivity index (χ0v) is 7.35. The SMILES string of the molecule is CCCC=N/C=C\CCS. The van der Waals surface area contributed by atoms with E-state index in [0.29, 0.717) is 0 Å². The van der Waals surface area contributed by atoms with Gasteiger partial charge in [-0.05, 0) is 18.6 Å². The minimum Gasteiger partial charge on any atom is -0.269 e. The van der Waals surface area contributed by atoms with E-state index < -0.39 is 0 Å². The summed E-state index contributed by atoms with van der Waals surface area (Å²) in [5, 5.41) is 0. The second-order valence-electron chi connectivity index (χ2n) is 2.02. The van der Waals surface area contributed by atoms with E-state index in [1.54, 1.807) is 0 Å². The van der Waals surface area contributed by atoms with Crippen LogP contribution in [0.25, 0.3) is 0 Å². The molecule has 0 radical (unpaired) electrons. The standard InChI is InChI=1S/C8H15NS/c1-2-3-6-9-7-4-5-8-10/h4,6-7,10H,2-3,5,8H2,1H3/b7-4-,9-6?. The molecule has 58 valence electrons. The van der Waals surface area contributed by atoms with Gasteiger partial charge in [0.15, 0.2) is 0 Å². The summed E-state index contributed by atoms with van der Waals surface area (Å²) in [7, 11) is 0. The van der Waals surface area contributed by atoms with Gasteiger partial charge >= 0.3 is 0 Å². The highest BCUT2D eigenvalue weighted by Gasteiger charge is 1.71. The van der Waals surface area contributed by atoms with Gasteiger partial charge in [0.1, 0.15) is 0 Å². The van der Waals surface area contributed by atoms with Gasteiger partial charge in [-0.2, -0.15) is 12.6 Å². The first-order chi connectivity index (χ1) is 4.91. The molecular weight excluding hydrogens is 142 g/mol. The highest BCUT2D eigenvalue weighted by molar-refractivity contribution is 7.80. The molecule has 0 aromatic rings. The van der Waals surface area contributed by atoms with Crippen LogP contribution in [0.2, 0.25) is 0 Å². The molecule has 0 heterocycles. The highest BCUT2D eigenvalue weighted by Crippen LogP contribution is 1.87. The summed E-state index contributed by atoms with van der Waals surface area (Å²) in [5.74, 6) is 0.903. The van der Waals surface area contributed by atoms with Crippen LogP contribution in [0.15, 0.2) is 17.3 Å². The van der Waals surface area contributed by atoms with E-state index in [2.05, 4.69) is 24.5 Å². The van der Waals surface area contributed by atoms with Crippen molar-refractivity contribution in [2.45, 2.75) is 26.2 Å². The molecule has 2 heteroatoms. The molecule has 0 amide bonds. The monoisotopic (exact) mass is 157 g/mol. The number of thiol groups is 1. The predicted molar refractivity (Wildman–Crippen MR) is 51.0 cm³/mol. The van der Waals surface area contributed by atoms with Gasteiger partial charge in [-0.1, -0.05) is 19.4 Å². The van der Waals surface area contributed by atoms with Crippen molar-refractivity contribution in [2.24, 2.45) is 4.99 Å². The molecule has 0 spiro atoms. The Morgan fingerprint density at radius 3 is 2.80 bits per heavy atom. The summed E-state index contributed by atoms with van der Waals surface area (Å²) in [6.07, 6.45) is 9.06. The number of unbranched alkanes of at least 4 members (excludes halogenated alkanes) is 1. The maximum absolute atomic E-state index is 4.06. The van der Waals surface area contributed by atoms with Gasteiger partial charge in [0.05, 0.1) is 0 Å². The van der Waals surface area contributed by atoms with E-state index in [1.807, 2.05) is 18.5 Å². The fourth-order valence-corrected chi connectivity index (χ4v) is 0.623. The molecule has 0 saturated heterocycles. The van der Waals surface area contributed by atoms with E-state index in [1.165, 1.54) is 6.42 Å². The topological polar surface area (TPSA) is 12.4 Å². The lowest BCUT2D eigenvalue weighted by atomic mass is 10.4. The van der Waals surface area contributed by atoms with E-state index in [4.69, 9.17) is 0 Å². The Balaban J connectivity index is 3.15. The fourth-order valence-electron chi connectivity index (χ4n) is 0.474. The molecule has 0 aromatic carbocycles. The normalized spacial score (nSPS) is 11.8. The van der Waals surface area contributed by atoms with E-state index in [9.17, 15) is 0 Å². The maximum Gasteiger partial charge on any atom is 0.0224 e. The van der Waals surface area contributed by atoms with Crippen LogP contribution in [0.5, 0.6) is 0 Å². The maximum atomic E-state index is 4.06. The molecule has 10 heavy (non-hydrogen) atoms. The summed E-state index contributed by atoms with van der Waals surface area (Å²) in [6, 6.07) is 0. The van der Waals surface area contributed by atoms with Crippen molar-refractivity contribution in [3.05, 3.63) is 12.3 Å². The quantitative estimate of drug-likeness (QED) is 0.465. The van der Waals surface area contributed by atoms with Gasteiger partial charge in [-0.3, -0.25) is 4.99 Å². The van der Waals surface area contributed by atoms with Crippen LogP contribution in [-0.4, -0.2) is 12.0 Å². The Morgan fingerprint density at radius 1 is 1.40 bits per heavy atom. The van der Waals surface area contributed by atoms with Crippen LogP contribution in [0.3, 0.4) is 0 Å². The molecular formula is C8H15NS. The molecule has 0 atom stereocenters. The summed E-state index contributed by atoms with van der Waals surface area (Å²) in [5.41, 5.74) is 0. The van der Waals surface area contributed by atoms with Gasteiger partial charge in [-0.25, -0.2) is 0 Å². The third-order valence-corrected chi connectivity index (χ3v) is 1.27. The summed E-state index contributed by atoms with van der Waals surface area (Å²) >= 11 is 4.06. The van der Waals surface area contributed by atoms with E-state index in [-0.39, 0.29) is 0 Å². The lowest BCUT2D eigenvalue weighted by Crippen LogP contribution is -1.70. The largest absolute Gasteiger partial charge is 0.269 e. The van der Waals surface area contributed by atoms with Gasteiger partial charge in [0, 0.05) is 12.4 Å².